The summed E-state index contributed by atoms with van der Waals surface area (Å²) in [6, 6.07) is 15.1. The van der Waals surface area contributed by atoms with E-state index in [1.165, 1.54) is 10.5 Å². The second-order valence-electron chi connectivity index (χ2n) is 7.40. The summed E-state index contributed by atoms with van der Waals surface area (Å²) in [7, 11) is 0. The lowest BCUT2D eigenvalue weighted by Crippen LogP contribution is -2.44. The summed E-state index contributed by atoms with van der Waals surface area (Å²) in [6.45, 7) is 6.28. The number of benzene rings is 2. The highest BCUT2D eigenvalue weighted by Crippen LogP contribution is 2.31. The van der Waals surface area contributed by atoms with E-state index in [4.69, 9.17) is 4.74 Å². The molecule has 0 spiro atoms. The standard InChI is InChI=1S/C21H23N3O3/c1-21(2,3)16-10-8-15(9-11-16)12-22-23-19(25)13-24-17-6-4-5-7-18(17)27-14-20(24)26/h4-12H,13-14H2,1-3H3,(H,23,25)/b22-12-. The van der Waals surface area contributed by atoms with Crippen molar-refractivity contribution in [1.29, 1.82) is 0 Å². The fourth-order valence-electron chi connectivity index (χ4n) is 2.75. The summed E-state index contributed by atoms with van der Waals surface area (Å²) in [5.41, 5.74) is 5.26. The maximum Gasteiger partial charge on any atom is 0.265 e. The van der Waals surface area contributed by atoms with Gasteiger partial charge in [-0.25, -0.2) is 5.43 Å². The fourth-order valence-corrected chi connectivity index (χ4v) is 2.75. The molecule has 6 heteroatoms. The van der Waals surface area contributed by atoms with Crippen molar-refractivity contribution >= 4 is 23.7 Å². The molecule has 0 atom stereocenters. The first-order valence-electron chi connectivity index (χ1n) is 8.79. The van der Waals surface area contributed by atoms with Gasteiger partial charge in [0.25, 0.3) is 11.8 Å². The average molecular weight is 365 g/mol. The Labute approximate surface area is 158 Å². The molecular weight excluding hydrogens is 342 g/mol. The Balaban J connectivity index is 1.60. The Morgan fingerprint density at radius 3 is 2.59 bits per heavy atom. The second-order valence-corrected chi connectivity index (χ2v) is 7.40. The molecule has 6 nitrogen and oxygen atoms in total. The Bertz CT molecular complexity index is 867. The number of carbonyl (C=O) groups excluding carboxylic acids is 2. The summed E-state index contributed by atoms with van der Waals surface area (Å²) in [5, 5.41) is 3.99. The number of rotatable bonds is 4. The SMILES string of the molecule is CC(C)(C)c1ccc(/C=N\NC(=O)CN2C(=O)COc3ccccc32)cc1. The minimum absolute atomic E-state index is 0.0757. The molecule has 3 rings (SSSR count). The molecule has 27 heavy (non-hydrogen) atoms. The van der Waals surface area contributed by atoms with Crippen molar-refractivity contribution in [2.45, 2.75) is 26.2 Å². The molecule has 0 aromatic heterocycles. The summed E-state index contributed by atoms with van der Waals surface area (Å²) in [4.78, 5) is 25.7. The van der Waals surface area contributed by atoms with Crippen LogP contribution in [0, 0.1) is 0 Å². The lowest BCUT2D eigenvalue weighted by Gasteiger charge is -2.28. The predicted molar refractivity (Wildman–Crippen MR) is 105 cm³/mol. The van der Waals surface area contributed by atoms with Crippen molar-refractivity contribution in [3.63, 3.8) is 0 Å². The van der Waals surface area contributed by atoms with Crippen LogP contribution < -0.4 is 15.1 Å². The number of para-hydroxylation sites is 2. The summed E-state index contributed by atoms with van der Waals surface area (Å²) in [6.07, 6.45) is 1.58. The number of ether oxygens (including phenoxy) is 1. The van der Waals surface area contributed by atoms with Crippen LogP contribution in [0.25, 0.3) is 0 Å². The van der Waals surface area contributed by atoms with Gasteiger partial charge in [-0.2, -0.15) is 5.10 Å². The van der Waals surface area contributed by atoms with Crippen LogP contribution in [0.5, 0.6) is 5.75 Å². The van der Waals surface area contributed by atoms with Crippen molar-refractivity contribution in [2.75, 3.05) is 18.1 Å². The third-order valence-corrected chi connectivity index (χ3v) is 4.29. The molecule has 1 heterocycles. The van der Waals surface area contributed by atoms with Crippen molar-refractivity contribution in [3.8, 4) is 5.75 Å². The third kappa shape index (κ3) is 4.53. The fraction of sp³-hybridized carbons (Fsp3) is 0.286. The first kappa shape index (κ1) is 18.6. The van der Waals surface area contributed by atoms with E-state index < -0.39 is 0 Å². The molecule has 0 fully saturated rings. The highest BCUT2D eigenvalue weighted by molar-refractivity contribution is 6.02. The van der Waals surface area contributed by atoms with Crippen LogP contribution in [0.15, 0.2) is 53.6 Å². The van der Waals surface area contributed by atoms with Crippen molar-refractivity contribution in [2.24, 2.45) is 5.10 Å². The average Bonchev–Trinajstić information content (AvgIpc) is 2.64. The van der Waals surface area contributed by atoms with E-state index in [-0.39, 0.29) is 30.4 Å². The Morgan fingerprint density at radius 2 is 1.89 bits per heavy atom. The summed E-state index contributed by atoms with van der Waals surface area (Å²) < 4.78 is 5.37. The lowest BCUT2D eigenvalue weighted by molar-refractivity contribution is -0.125. The molecule has 1 aliphatic heterocycles. The van der Waals surface area contributed by atoms with E-state index in [1.807, 2.05) is 30.3 Å². The van der Waals surface area contributed by atoms with Crippen LogP contribution in [0.4, 0.5) is 5.69 Å². The molecule has 2 aromatic carbocycles. The molecule has 2 amide bonds. The molecule has 2 aromatic rings. The molecule has 1 N–H and O–H groups in total. The summed E-state index contributed by atoms with van der Waals surface area (Å²) in [5.74, 6) is -0.0412. The zero-order valence-electron chi connectivity index (χ0n) is 15.7. The topological polar surface area (TPSA) is 71.0 Å². The maximum atomic E-state index is 12.2. The van der Waals surface area contributed by atoms with Gasteiger partial charge >= 0.3 is 0 Å². The second kappa shape index (κ2) is 7.61. The quantitative estimate of drug-likeness (QED) is 0.669. The Morgan fingerprint density at radius 1 is 1.19 bits per heavy atom. The Kier molecular flexibility index (Phi) is 5.26. The zero-order valence-corrected chi connectivity index (χ0v) is 15.7. The first-order chi connectivity index (χ1) is 12.8. The number of anilines is 1. The number of nitrogens with zero attached hydrogens (tertiary/aromatic N) is 2. The van der Waals surface area contributed by atoms with Gasteiger partial charge in [-0.15, -0.1) is 0 Å². The predicted octanol–water partition coefficient (Wildman–Crippen LogP) is 2.86. The molecular formula is C21H23N3O3. The largest absolute Gasteiger partial charge is 0.482 e. The van der Waals surface area contributed by atoms with E-state index in [1.54, 1.807) is 24.4 Å². The molecule has 0 aliphatic carbocycles. The van der Waals surface area contributed by atoms with E-state index in [2.05, 4.69) is 31.3 Å². The van der Waals surface area contributed by atoms with Gasteiger partial charge in [0.1, 0.15) is 12.3 Å². The molecule has 0 radical (unpaired) electrons. The van der Waals surface area contributed by atoms with Gasteiger partial charge in [0, 0.05) is 0 Å². The van der Waals surface area contributed by atoms with Crippen molar-refractivity contribution < 1.29 is 14.3 Å². The van der Waals surface area contributed by atoms with Crippen molar-refractivity contribution in [1.82, 2.24) is 5.43 Å². The number of nitrogens with one attached hydrogen (secondary N) is 1. The van der Waals surface area contributed by atoms with E-state index >= 15 is 0 Å². The lowest BCUT2D eigenvalue weighted by atomic mass is 9.87. The zero-order chi connectivity index (χ0) is 19.4. The van der Waals surface area contributed by atoms with Crippen LogP contribution in [0.3, 0.4) is 0 Å². The minimum Gasteiger partial charge on any atom is -0.482 e. The monoisotopic (exact) mass is 365 g/mol. The van der Waals surface area contributed by atoms with Crippen LogP contribution in [0.2, 0.25) is 0 Å². The van der Waals surface area contributed by atoms with Crippen LogP contribution in [-0.2, 0) is 15.0 Å². The number of hydrazone groups is 1. The van der Waals surface area contributed by atoms with E-state index in [0.29, 0.717) is 11.4 Å². The Hall–Kier alpha value is -3.15. The van der Waals surface area contributed by atoms with Gasteiger partial charge in [-0.3, -0.25) is 14.5 Å². The molecule has 0 saturated heterocycles. The van der Waals surface area contributed by atoms with Gasteiger partial charge in [0.05, 0.1) is 11.9 Å². The third-order valence-electron chi connectivity index (χ3n) is 4.29. The van der Waals surface area contributed by atoms with E-state index in [0.717, 1.165) is 5.56 Å². The van der Waals surface area contributed by atoms with Gasteiger partial charge < -0.3 is 4.74 Å². The highest BCUT2D eigenvalue weighted by Gasteiger charge is 2.26. The van der Waals surface area contributed by atoms with Gasteiger partial charge in [0.15, 0.2) is 6.61 Å². The molecule has 140 valence electrons. The number of amides is 2. The maximum absolute atomic E-state index is 12.2. The number of carbonyl (C=O) groups is 2. The first-order valence-corrected chi connectivity index (χ1v) is 8.79. The smallest absolute Gasteiger partial charge is 0.265 e. The molecule has 0 saturated carbocycles. The van der Waals surface area contributed by atoms with Crippen LogP contribution in [0.1, 0.15) is 31.9 Å². The molecule has 1 aliphatic rings. The van der Waals surface area contributed by atoms with E-state index in [9.17, 15) is 9.59 Å². The van der Waals surface area contributed by atoms with Crippen LogP contribution >= 0.6 is 0 Å². The highest BCUT2D eigenvalue weighted by atomic mass is 16.5. The van der Waals surface area contributed by atoms with Gasteiger partial charge in [0.2, 0.25) is 0 Å². The number of fused-ring (bicyclic) bond motifs is 1. The summed E-state index contributed by atoms with van der Waals surface area (Å²) >= 11 is 0. The normalized spacial score (nSPS) is 14.0. The van der Waals surface area contributed by atoms with Crippen LogP contribution in [-0.4, -0.2) is 31.2 Å². The molecule has 0 bridgehead atoms. The van der Waals surface area contributed by atoms with Crippen molar-refractivity contribution in [3.05, 3.63) is 59.7 Å². The van der Waals surface area contributed by atoms with Gasteiger partial charge in [-0.05, 0) is 28.7 Å². The number of hydrogen-bond acceptors (Lipinski definition) is 4. The minimum atomic E-state index is -0.373. The molecule has 0 unspecified atom stereocenters. The van der Waals surface area contributed by atoms with Gasteiger partial charge in [-0.1, -0.05) is 57.2 Å². The number of hydrogen-bond donors (Lipinski definition) is 1.